The number of rotatable bonds is 5. The molecule has 1 spiro atoms. The zero-order chi connectivity index (χ0) is 16.9. The minimum Gasteiger partial charge on any atom is -0.481 e. The molecule has 3 rings (SSSR count). The van der Waals surface area contributed by atoms with Crippen molar-refractivity contribution in [3.8, 4) is 0 Å². The zero-order valence-corrected chi connectivity index (χ0v) is 15.4. The standard InChI is InChI=1S/C20H34O3/c1-14(12-17(21)22)7-10-18(3)15(2)8-11-19(4)16(18)6-5-9-20(19)13-23-20/h14-16H,5-13H2,1-4H3,(H,21,22)/t14-,15+,16?,18-,19+,20+/m0/s1. The van der Waals surface area contributed by atoms with Gasteiger partial charge in [0.05, 0.1) is 12.2 Å². The normalized spacial score (nSPS) is 47.1. The first-order valence-corrected chi connectivity index (χ1v) is 9.59. The highest BCUT2D eigenvalue weighted by atomic mass is 16.6. The Balaban J connectivity index is 1.77. The largest absolute Gasteiger partial charge is 0.481 e. The number of ether oxygens (including phenoxy) is 1. The molecule has 0 aromatic carbocycles. The molecule has 3 fully saturated rings. The molecule has 1 unspecified atom stereocenters. The van der Waals surface area contributed by atoms with Crippen LogP contribution in [0.2, 0.25) is 0 Å². The van der Waals surface area contributed by atoms with Crippen LogP contribution in [0.15, 0.2) is 0 Å². The number of aliphatic carboxylic acids is 1. The molecule has 1 N–H and O–H groups in total. The molecule has 0 aromatic heterocycles. The average Bonchev–Trinajstić information content (AvgIpc) is 3.25. The van der Waals surface area contributed by atoms with Crippen LogP contribution < -0.4 is 0 Å². The molecule has 1 aliphatic heterocycles. The van der Waals surface area contributed by atoms with Crippen LogP contribution in [0, 0.1) is 28.6 Å². The summed E-state index contributed by atoms with van der Waals surface area (Å²) in [5, 5.41) is 9.03. The second-order valence-electron chi connectivity index (χ2n) is 9.33. The van der Waals surface area contributed by atoms with Crippen LogP contribution in [0.25, 0.3) is 0 Å². The second kappa shape index (κ2) is 5.75. The van der Waals surface area contributed by atoms with Gasteiger partial charge < -0.3 is 9.84 Å². The van der Waals surface area contributed by atoms with E-state index in [0.717, 1.165) is 24.9 Å². The molecule has 23 heavy (non-hydrogen) atoms. The first-order chi connectivity index (χ1) is 10.7. The van der Waals surface area contributed by atoms with Crippen molar-refractivity contribution in [2.75, 3.05) is 6.61 Å². The number of hydrogen-bond acceptors (Lipinski definition) is 2. The van der Waals surface area contributed by atoms with Gasteiger partial charge in [-0.05, 0) is 61.7 Å². The predicted octanol–water partition coefficient (Wildman–Crippen LogP) is 4.89. The fraction of sp³-hybridized carbons (Fsp3) is 0.950. The van der Waals surface area contributed by atoms with Gasteiger partial charge in [0.1, 0.15) is 0 Å². The van der Waals surface area contributed by atoms with Crippen molar-refractivity contribution in [3.05, 3.63) is 0 Å². The molecule has 1 saturated heterocycles. The van der Waals surface area contributed by atoms with Gasteiger partial charge in [-0.3, -0.25) is 4.79 Å². The van der Waals surface area contributed by atoms with Crippen molar-refractivity contribution in [3.63, 3.8) is 0 Å². The van der Waals surface area contributed by atoms with Crippen LogP contribution in [0.5, 0.6) is 0 Å². The summed E-state index contributed by atoms with van der Waals surface area (Å²) in [5.41, 5.74) is 0.853. The van der Waals surface area contributed by atoms with Gasteiger partial charge in [0, 0.05) is 11.8 Å². The lowest BCUT2D eigenvalue weighted by molar-refractivity contribution is -0.138. The van der Waals surface area contributed by atoms with Crippen molar-refractivity contribution in [1.82, 2.24) is 0 Å². The number of hydrogen-bond donors (Lipinski definition) is 1. The third-order valence-corrected chi connectivity index (χ3v) is 8.09. The lowest BCUT2D eigenvalue weighted by Gasteiger charge is -2.60. The molecular formula is C20H34O3. The van der Waals surface area contributed by atoms with Crippen molar-refractivity contribution in [2.24, 2.45) is 28.6 Å². The van der Waals surface area contributed by atoms with Crippen LogP contribution in [-0.4, -0.2) is 23.3 Å². The zero-order valence-electron chi connectivity index (χ0n) is 15.4. The molecule has 0 aromatic rings. The van der Waals surface area contributed by atoms with E-state index in [9.17, 15) is 4.79 Å². The first-order valence-electron chi connectivity index (χ1n) is 9.59. The summed E-state index contributed by atoms with van der Waals surface area (Å²) in [6, 6.07) is 0. The van der Waals surface area contributed by atoms with Crippen LogP contribution >= 0.6 is 0 Å². The Labute approximate surface area is 141 Å². The number of carboxylic acids is 1. The van der Waals surface area contributed by atoms with Crippen molar-refractivity contribution >= 4 is 5.97 Å². The predicted molar refractivity (Wildman–Crippen MR) is 91.3 cm³/mol. The van der Waals surface area contributed by atoms with Gasteiger partial charge in [0.2, 0.25) is 0 Å². The highest BCUT2D eigenvalue weighted by Crippen LogP contribution is 2.68. The summed E-state index contributed by atoms with van der Waals surface area (Å²) < 4.78 is 6.04. The SMILES string of the molecule is C[C@@H](CC[C@]1(C)C2CCC[C@@]3(CO3)[C@]2(C)CC[C@H]1C)CC(=O)O. The summed E-state index contributed by atoms with van der Waals surface area (Å²) in [4.78, 5) is 11.0. The van der Waals surface area contributed by atoms with Gasteiger partial charge in [-0.15, -0.1) is 0 Å². The highest BCUT2D eigenvalue weighted by molar-refractivity contribution is 5.66. The molecule has 0 radical (unpaired) electrons. The quantitative estimate of drug-likeness (QED) is 0.733. The smallest absolute Gasteiger partial charge is 0.303 e. The lowest BCUT2D eigenvalue weighted by Crippen LogP contribution is -2.56. The minimum absolute atomic E-state index is 0.185. The highest BCUT2D eigenvalue weighted by Gasteiger charge is 2.67. The Kier molecular flexibility index (Phi) is 4.32. The molecule has 0 bridgehead atoms. The summed E-state index contributed by atoms with van der Waals surface area (Å²) >= 11 is 0. The molecule has 6 atom stereocenters. The molecule has 132 valence electrons. The van der Waals surface area contributed by atoms with E-state index >= 15 is 0 Å². The van der Waals surface area contributed by atoms with E-state index in [1.54, 1.807) is 0 Å². The van der Waals surface area contributed by atoms with E-state index in [2.05, 4.69) is 27.7 Å². The summed E-state index contributed by atoms with van der Waals surface area (Å²) in [5.74, 6) is 1.07. The van der Waals surface area contributed by atoms with Crippen LogP contribution in [-0.2, 0) is 9.53 Å². The van der Waals surface area contributed by atoms with Gasteiger partial charge in [-0.25, -0.2) is 0 Å². The molecule has 2 saturated carbocycles. The Morgan fingerprint density at radius 2 is 2.00 bits per heavy atom. The molecule has 0 amide bonds. The molecule has 3 heteroatoms. The fourth-order valence-corrected chi connectivity index (χ4v) is 6.10. The van der Waals surface area contributed by atoms with Crippen molar-refractivity contribution in [1.29, 1.82) is 0 Å². The number of epoxide rings is 1. The Morgan fingerprint density at radius 3 is 2.61 bits per heavy atom. The van der Waals surface area contributed by atoms with Gasteiger partial charge in [0.15, 0.2) is 0 Å². The maximum atomic E-state index is 11.0. The molecule has 2 aliphatic carbocycles. The van der Waals surface area contributed by atoms with E-state index in [4.69, 9.17) is 9.84 Å². The van der Waals surface area contributed by atoms with E-state index in [1.165, 1.54) is 38.5 Å². The van der Waals surface area contributed by atoms with E-state index in [-0.39, 0.29) is 11.5 Å². The molecular weight excluding hydrogens is 288 g/mol. The average molecular weight is 322 g/mol. The maximum absolute atomic E-state index is 11.0. The first kappa shape index (κ1) is 17.3. The van der Waals surface area contributed by atoms with Gasteiger partial charge in [-0.1, -0.05) is 34.1 Å². The summed E-state index contributed by atoms with van der Waals surface area (Å²) in [7, 11) is 0. The van der Waals surface area contributed by atoms with Gasteiger partial charge in [0.25, 0.3) is 0 Å². The summed E-state index contributed by atoms with van der Waals surface area (Å²) in [6.07, 6.45) is 8.98. The summed E-state index contributed by atoms with van der Waals surface area (Å²) in [6.45, 7) is 10.5. The molecule has 3 nitrogen and oxygen atoms in total. The fourth-order valence-electron chi connectivity index (χ4n) is 6.10. The Hall–Kier alpha value is -0.570. The van der Waals surface area contributed by atoms with Gasteiger partial charge >= 0.3 is 5.97 Å². The third-order valence-electron chi connectivity index (χ3n) is 8.09. The Bertz CT molecular complexity index is 470. The number of carbonyl (C=O) groups is 1. The number of carboxylic acid groups (broad SMARTS) is 1. The third kappa shape index (κ3) is 2.73. The van der Waals surface area contributed by atoms with E-state index < -0.39 is 5.97 Å². The Morgan fingerprint density at radius 1 is 1.30 bits per heavy atom. The van der Waals surface area contributed by atoms with Crippen LogP contribution in [0.1, 0.15) is 79.1 Å². The maximum Gasteiger partial charge on any atom is 0.303 e. The minimum atomic E-state index is -0.660. The van der Waals surface area contributed by atoms with Crippen molar-refractivity contribution < 1.29 is 14.6 Å². The number of fused-ring (bicyclic) bond motifs is 2. The molecule has 3 aliphatic rings. The molecule has 1 heterocycles. The van der Waals surface area contributed by atoms with E-state index in [1.807, 2.05) is 0 Å². The van der Waals surface area contributed by atoms with Crippen LogP contribution in [0.3, 0.4) is 0 Å². The van der Waals surface area contributed by atoms with Crippen molar-refractivity contribution in [2.45, 2.75) is 84.7 Å². The monoisotopic (exact) mass is 322 g/mol. The second-order valence-corrected chi connectivity index (χ2v) is 9.33. The van der Waals surface area contributed by atoms with Crippen LogP contribution in [0.4, 0.5) is 0 Å². The lowest BCUT2D eigenvalue weighted by atomic mass is 9.44. The van der Waals surface area contributed by atoms with E-state index in [0.29, 0.717) is 17.3 Å². The van der Waals surface area contributed by atoms with Gasteiger partial charge in [-0.2, -0.15) is 0 Å². The topological polar surface area (TPSA) is 49.8 Å².